The van der Waals surface area contributed by atoms with Crippen LogP contribution >= 0.6 is 0 Å². The number of hydrogen-bond donors (Lipinski definition) is 1. The third kappa shape index (κ3) is 3.43. The summed E-state index contributed by atoms with van der Waals surface area (Å²) in [6, 6.07) is 2.21. The molecule has 2 rings (SSSR count). The standard InChI is InChI=1S/C13H20N6O/c1-4-7-14-12-16-11(10-6-8-15-19(10)3)17-13(18-12)20-9-5-2/h6,8H,4-5,7,9H2,1-3H3,(H,14,16,17,18). The van der Waals surface area contributed by atoms with Crippen LogP contribution in [0, 0.1) is 0 Å². The van der Waals surface area contributed by atoms with E-state index in [1.165, 1.54) is 0 Å². The Morgan fingerprint density at radius 1 is 1.20 bits per heavy atom. The van der Waals surface area contributed by atoms with Gasteiger partial charge in [-0.25, -0.2) is 0 Å². The van der Waals surface area contributed by atoms with Crippen LogP contribution < -0.4 is 10.1 Å². The molecule has 0 aliphatic rings. The Morgan fingerprint density at radius 3 is 2.70 bits per heavy atom. The lowest BCUT2D eigenvalue weighted by Gasteiger charge is -2.09. The zero-order chi connectivity index (χ0) is 14.4. The van der Waals surface area contributed by atoms with Crippen molar-refractivity contribution in [3.05, 3.63) is 12.3 Å². The predicted molar refractivity (Wildman–Crippen MR) is 76.6 cm³/mol. The van der Waals surface area contributed by atoms with Crippen molar-refractivity contribution in [3.8, 4) is 17.5 Å². The molecule has 108 valence electrons. The number of hydrogen-bond acceptors (Lipinski definition) is 6. The second-order valence-electron chi connectivity index (χ2n) is 4.38. The van der Waals surface area contributed by atoms with Crippen LogP contribution in [0.2, 0.25) is 0 Å². The normalized spacial score (nSPS) is 10.6. The fraction of sp³-hybridized carbons (Fsp3) is 0.538. The third-order valence-electron chi connectivity index (χ3n) is 2.63. The molecule has 2 aromatic heterocycles. The topological polar surface area (TPSA) is 77.8 Å². The van der Waals surface area contributed by atoms with E-state index in [0.717, 1.165) is 25.1 Å². The molecule has 0 spiro atoms. The van der Waals surface area contributed by atoms with Crippen molar-refractivity contribution in [2.45, 2.75) is 26.7 Å². The van der Waals surface area contributed by atoms with Crippen molar-refractivity contribution in [2.75, 3.05) is 18.5 Å². The fourth-order valence-corrected chi connectivity index (χ4v) is 1.64. The lowest BCUT2D eigenvalue weighted by atomic mass is 10.4. The van der Waals surface area contributed by atoms with Crippen molar-refractivity contribution in [2.24, 2.45) is 7.05 Å². The Morgan fingerprint density at radius 2 is 2.05 bits per heavy atom. The van der Waals surface area contributed by atoms with E-state index in [9.17, 15) is 0 Å². The van der Waals surface area contributed by atoms with Gasteiger partial charge in [0.05, 0.1) is 6.61 Å². The largest absolute Gasteiger partial charge is 0.463 e. The minimum absolute atomic E-state index is 0.344. The summed E-state index contributed by atoms with van der Waals surface area (Å²) in [4.78, 5) is 13.0. The van der Waals surface area contributed by atoms with Crippen molar-refractivity contribution in [3.63, 3.8) is 0 Å². The smallest absolute Gasteiger partial charge is 0.321 e. The number of ether oxygens (including phenoxy) is 1. The van der Waals surface area contributed by atoms with E-state index in [-0.39, 0.29) is 0 Å². The molecule has 2 aromatic rings. The third-order valence-corrected chi connectivity index (χ3v) is 2.63. The lowest BCUT2D eigenvalue weighted by Crippen LogP contribution is -2.10. The van der Waals surface area contributed by atoms with Gasteiger partial charge in [-0.15, -0.1) is 0 Å². The highest BCUT2D eigenvalue weighted by molar-refractivity contribution is 5.51. The summed E-state index contributed by atoms with van der Waals surface area (Å²) in [6.07, 6.45) is 3.62. The summed E-state index contributed by atoms with van der Waals surface area (Å²) in [5.41, 5.74) is 0.827. The molecule has 0 saturated heterocycles. The molecule has 0 unspecified atom stereocenters. The van der Waals surface area contributed by atoms with Gasteiger partial charge in [-0.3, -0.25) is 4.68 Å². The second kappa shape index (κ2) is 6.83. The first kappa shape index (κ1) is 14.2. The highest BCUT2D eigenvalue weighted by Gasteiger charge is 2.11. The van der Waals surface area contributed by atoms with Crippen LogP contribution in [0.5, 0.6) is 6.01 Å². The van der Waals surface area contributed by atoms with Gasteiger partial charge in [0.1, 0.15) is 5.69 Å². The van der Waals surface area contributed by atoms with Gasteiger partial charge in [0.2, 0.25) is 5.95 Å². The fourth-order valence-electron chi connectivity index (χ4n) is 1.64. The lowest BCUT2D eigenvalue weighted by molar-refractivity contribution is 0.292. The molecule has 0 aliphatic heterocycles. The Balaban J connectivity index is 2.32. The number of rotatable bonds is 7. The minimum atomic E-state index is 0.344. The Hall–Kier alpha value is -2.18. The van der Waals surface area contributed by atoms with Crippen molar-refractivity contribution in [1.29, 1.82) is 0 Å². The molecule has 0 fully saturated rings. The average Bonchev–Trinajstić information content (AvgIpc) is 2.89. The van der Waals surface area contributed by atoms with Crippen LogP contribution in [-0.4, -0.2) is 37.9 Å². The molecule has 20 heavy (non-hydrogen) atoms. The molecule has 0 bridgehead atoms. The van der Waals surface area contributed by atoms with Crippen LogP contribution in [0.15, 0.2) is 12.3 Å². The maximum atomic E-state index is 5.52. The molecular formula is C13H20N6O. The number of aromatic nitrogens is 5. The highest BCUT2D eigenvalue weighted by atomic mass is 16.5. The quantitative estimate of drug-likeness (QED) is 0.832. The van der Waals surface area contributed by atoms with Crippen LogP contribution in [-0.2, 0) is 7.05 Å². The van der Waals surface area contributed by atoms with E-state index in [1.54, 1.807) is 10.9 Å². The summed E-state index contributed by atoms with van der Waals surface area (Å²) < 4.78 is 7.25. The average molecular weight is 276 g/mol. The van der Waals surface area contributed by atoms with Gasteiger partial charge < -0.3 is 10.1 Å². The monoisotopic (exact) mass is 276 g/mol. The first-order valence-corrected chi connectivity index (χ1v) is 6.85. The minimum Gasteiger partial charge on any atom is -0.463 e. The zero-order valence-corrected chi connectivity index (χ0v) is 12.1. The molecule has 0 atom stereocenters. The number of nitrogens with zero attached hydrogens (tertiary/aromatic N) is 5. The van der Waals surface area contributed by atoms with Crippen LogP contribution in [0.4, 0.5) is 5.95 Å². The zero-order valence-electron chi connectivity index (χ0n) is 12.1. The van der Waals surface area contributed by atoms with Gasteiger partial charge in [0.15, 0.2) is 5.82 Å². The van der Waals surface area contributed by atoms with E-state index < -0.39 is 0 Å². The molecule has 1 N–H and O–H groups in total. The first-order chi connectivity index (χ1) is 9.74. The summed E-state index contributed by atoms with van der Waals surface area (Å²) in [7, 11) is 1.85. The summed E-state index contributed by atoms with van der Waals surface area (Å²) in [5, 5.41) is 7.29. The number of anilines is 1. The van der Waals surface area contributed by atoms with Crippen molar-refractivity contribution < 1.29 is 4.74 Å². The van der Waals surface area contributed by atoms with Gasteiger partial charge in [0.25, 0.3) is 0 Å². The second-order valence-corrected chi connectivity index (χ2v) is 4.38. The molecule has 0 amide bonds. The predicted octanol–water partition coefficient (Wildman–Crippen LogP) is 1.88. The number of nitrogens with one attached hydrogen (secondary N) is 1. The Bertz CT molecular complexity index is 527. The van der Waals surface area contributed by atoms with Crippen LogP contribution in [0.3, 0.4) is 0 Å². The van der Waals surface area contributed by atoms with Crippen LogP contribution in [0.1, 0.15) is 26.7 Å². The Labute approximate surface area is 118 Å². The van der Waals surface area contributed by atoms with Crippen molar-refractivity contribution >= 4 is 5.95 Å². The maximum absolute atomic E-state index is 5.52. The SMILES string of the molecule is CCCNc1nc(OCCC)nc(-c2ccnn2C)n1. The summed E-state index contributed by atoms with van der Waals surface area (Å²) in [5.74, 6) is 1.09. The molecule has 7 heteroatoms. The van der Waals surface area contributed by atoms with Crippen LogP contribution in [0.25, 0.3) is 11.5 Å². The van der Waals surface area contributed by atoms with Gasteiger partial charge >= 0.3 is 6.01 Å². The van der Waals surface area contributed by atoms with E-state index in [1.807, 2.05) is 20.0 Å². The van der Waals surface area contributed by atoms with Gasteiger partial charge in [0, 0.05) is 19.8 Å². The first-order valence-electron chi connectivity index (χ1n) is 6.85. The summed E-state index contributed by atoms with van der Waals surface area (Å²) in [6.45, 7) is 5.52. The van der Waals surface area contributed by atoms with E-state index in [0.29, 0.717) is 24.4 Å². The highest BCUT2D eigenvalue weighted by Crippen LogP contribution is 2.18. The molecule has 0 aliphatic carbocycles. The molecular weight excluding hydrogens is 256 g/mol. The van der Waals surface area contributed by atoms with Gasteiger partial charge in [-0.1, -0.05) is 13.8 Å². The molecule has 0 saturated carbocycles. The van der Waals surface area contributed by atoms with E-state index >= 15 is 0 Å². The van der Waals surface area contributed by atoms with Crippen molar-refractivity contribution in [1.82, 2.24) is 24.7 Å². The number of aryl methyl sites for hydroxylation is 1. The molecule has 7 nitrogen and oxygen atoms in total. The molecule has 0 aromatic carbocycles. The van der Waals surface area contributed by atoms with Gasteiger partial charge in [-0.05, 0) is 18.9 Å². The van der Waals surface area contributed by atoms with E-state index in [4.69, 9.17) is 4.74 Å². The molecule has 2 heterocycles. The Kier molecular flexibility index (Phi) is 4.86. The maximum Gasteiger partial charge on any atom is 0.321 e. The van der Waals surface area contributed by atoms with E-state index in [2.05, 4.69) is 32.3 Å². The molecule has 0 radical (unpaired) electrons. The van der Waals surface area contributed by atoms with Gasteiger partial charge in [-0.2, -0.15) is 20.1 Å². The summed E-state index contributed by atoms with van der Waals surface area (Å²) >= 11 is 0.